The normalized spacial score (nSPS) is 16.7. The van der Waals surface area contributed by atoms with Crippen LogP contribution in [0.25, 0.3) is 0 Å². The second-order valence-corrected chi connectivity index (χ2v) is 10.1. The Balaban J connectivity index is 1.26. The van der Waals surface area contributed by atoms with Crippen LogP contribution in [0.1, 0.15) is 50.9 Å². The minimum atomic E-state index is -0.243. The Morgan fingerprint density at radius 3 is 2.27 bits per heavy atom. The van der Waals surface area contributed by atoms with Crippen LogP contribution < -0.4 is 4.90 Å². The molecule has 0 N–H and O–H groups in total. The number of rotatable bonds is 4. The van der Waals surface area contributed by atoms with Crippen LogP contribution in [-0.2, 0) is 0 Å². The lowest BCUT2D eigenvalue weighted by Gasteiger charge is -2.37. The number of piperidine rings is 1. The Morgan fingerprint density at radius 2 is 1.57 bits per heavy atom. The molecule has 2 aliphatic rings. The highest BCUT2D eigenvalue weighted by Crippen LogP contribution is 2.31. The first kappa shape index (κ1) is 25.2. The molecule has 0 saturated carbocycles. The first-order chi connectivity index (χ1) is 17.9. The molecule has 2 amide bonds. The first-order valence-electron chi connectivity index (χ1n) is 12.7. The summed E-state index contributed by atoms with van der Waals surface area (Å²) in [5.41, 5.74) is 3.48. The molecule has 3 aromatic rings. The molecule has 0 aliphatic carbocycles. The lowest BCUT2D eigenvalue weighted by Crippen LogP contribution is -2.49. The van der Waals surface area contributed by atoms with E-state index < -0.39 is 0 Å². The van der Waals surface area contributed by atoms with Crippen molar-refractivity contribution in [1.29, 1.82) is 0 Å². The predicted octanol–water partition coefficient (Wildman–Crippen LogP) is 5.16. The first-order valence-corrected chi connectivity index (χ1v) is 13.1. The van der Waals surface area contributed by atoms with Gasteiger partial charge in [-0.2, -0.15) is 0 Å². The summed E-state index contributed by atoms with van der Waals surface area (Å²) in [5, 5.41) is 0.544. The molecule has 0 spiro atoms. The second-order valence-electron chi connectivity index (χ2n) is 9.69. The molecule has 5 rings (SSSR count). The monoisotopic (exact) mass is 520 g/mol. The van der Waals surface area contributed by atoms with Crippen molar-refractivity contribution >= 4 is 29.1 Å². The highest BCUT2D eigenvalue weighted by molar-refractivity contribution is 6.30. The zero-order valence-electron chi connectivity index (χ0n) is 20.9. The molecule has 0 unspecified atom stereocenters. The van der Waals surface area contributed by atoms with Gasteiger partial charge in [0.2, 0.25) is 0 Å². The molecule has 2 aliphatic heterocycles. The van der Waals surface area contributed by atoms with E-state index in [-0.39, 0.29) is 23.5 Å². The van der Waals surface area contributed by atoms with E-state index in [1.807, 2.05) is 39.8 Å². The highest BCUT2D eigenvalue weighted by atomic mass is 35.5. The van der Waals surface area contributed by atoms with Crippen molar-refractivity contribution in [2.24, 2.45) is 0 Å². The Kier molecular flexibility index (Phi) is 7.42. The molecule has 2 aromatic carbocycles. The lowest BCUT2D eigenvalue weighted by atomic mass is 9.89. The van der Waals surface area contributed by atoms with Crippen molar-refractivity contribution in [3.05, 3.63) is 94.0 Å². The maximum Gasteiger partial charge on any atom is 0.255 e. The standard InChI is InChI=1S/C29H30ClFN4O2/c1-20-9-10-24(29(37)35-17-15-33(16-18-35)26-8-3-2-7-25(26)31)27(32-20)21-11-13-34(14-12-21)28(36)22-5-4-6-23(30)19-22/h2-10,19,21H,11-18H2,1H3. The van der Waals surface area contributed by atoms with Crippen LogP contribution in [-0.4, -0.2) is 65.9 Å². The van der Waals surface area contributed by atoms with Gasteiger partial charge in [0, 0.05) is 61.5 Å². The number of carbonyl (C=O) groups is 2. The van der Waals surface area contributed by atoms with Crippen LogP contribution in [0.3, 0.4) is 0 Å². The van der Waals surface area contributed by atoms with Gasteiger partial charge >= 0.3 is 0 Å². The maximum atomic E-state index is 14.2. The highest BCUT2D eigenvalue weighted by Gasteiger charge is 2.31. The number of carbonyl (C=O) groups excluding carboxylic acids is 2. The zero-order chi connectivity index (χ0) is 25.9. The minimum Gasteiger partial charge on any atom is -0.366 e. The number of piperazine rings is 1. The van der Waals surface area contributed by atoms with Crippen LogP contribution in [0.4, 0.5) is 10.1 Å². The molecular weight excluding hydrogens is 491 g/mol. The third kappa shape index (κ3) is 5.47. The van der Waals surface area contributed by atoms with Crippen LogP contribution in [0.15, 0.2) is 60.7 Å². The molecular formula is C29H30ClFN4O2. The van der Waals surface area contributed by atoms with Crippen LogP contribution in [0.5, 0.6) is 0 Å². The summed E-state index contributed by atoms with van der Waals surface area (Å²) < 4.78 is 14.2. The number of anilines is 1. The SMILES string of the molecule is Cc1ccc(C(=O)N2CCN(c3ccccc3F)CC2)c(C2CCN(C(=O)c3cccc(Cl)c3)CC2)n1. The van der Waals surface area contributed by atoms with Crippen molar-refractivity contribution in [3.8, 4) is 0 Å². The number of hydrogen-bond donors (Lipinski definition) is 0. The molecule has 0 atom stereocenters. The van der Waals surface area contributed by atoms with Gasteiger partial charge in [-0.15, -0.1) is 0 Å². The molecule has 1 aromatic heterocycles. The fourth-order valence-electron chi connectivity index (χ4n) is 5.26. The number of pyridine rings is 1. The summed E-state index contributed by atoms with van der Waals surface area (Å²) in [6, 6.07) is 17.5. The van der Waals surface area contributed by atoms with E-state index in [0.717, 1.165) is 24.2 Å². The van der Waals surface area contributed by atoms with E-state index in [0.29, 0.717) is 61.1 Å². The lowest BCUT2D eigenvalue weighted by molar-refractivity contribution is 0.0702. The Labute approximate surface area is 221 Å². The average Bonchev–Trinajstić information content (AvgIpc) is 2.93. The molecule has 0 radical (unpaired) electrons. The molecule has 2 saturated heterocycles. The van der Waals surface area contributed by atoms with Crippen LogP contribution in [0.2, 0.25) is 5.02 Å². The fraction of sp³-hybridized carbons (Fsp3) is 0.345. The van der Waals surface area contributed by atoms with Crippen molar-refractivity contribution in [1.82, 2.24) is 14.8 Å². The number of likely N-dealkylation sites (tertiary alicyclic amines) is 1. The second kappa shape index (κ2) is 10.9. The summed E-state index contributed by atoms with van der Waals surface area (Å²) >= 11 is 6.07. The van der Waals surface area contributed by atoms with Gasteiger partial charge in [0.05, 0.1) is 16.9 Å². The van der Waals surface area contributed by atoms with Gasteiger partial charge in [-0.3, -0.25) is 14.6 Å². The van der Waals surface area contributed by atoms with Gasteiger partial charge < -0.3 is 14.7 Å². The minimum absolute atomic E-state index is 0.0258. The van der Waals surface area contributed by atoms with E-state index >= 15 is 0 Å². The van der Waals surface area contributed by atoms with Crippen LogP contribution >= 0.6 is 11.6 Å². The Morgan fingerprint density at radius 1 is 0.865 bits per heavy atom. The third-order valence-electron chi connectivity index (χ3n) is 7.29. The summed E-state index contributed by atoms with van der Waals surface area (Å²) in [6.45, 7) is 5.32. The quantitative estimate of drug-likeness (QED) is 0.476. The summed E-state index contributed by atoms with van der Waals surface area (Å²) in [6.07, 6.45) is 1.48. The number of amides is 2. The fourth-order valence-corrected chi connectivity index (χ4v) is 5.45. The third-order valence-corrected chi connectivity index (χ3v) is 7.53. The van der Waals surface area contributed by atoms with Crippen molar-refractivity contribution < 1.29 is 14.0 Å². The molecule has 192 valence electrons. The number of aryl methyl sites for hydroxylation is 1. The van der Waals surface area contributed by atoms with Gasteiger partial charge in [0.15, 0.2) is 0 Å². The summed E-state index contributed by atoms with van der Waals surface area (Å²) in [4.78, 5) is 37.0. The largest absolute Gasteiger partial charge is 0.366 e. The number of halogens is 2. The van der Waals surface area contributed by atoms with Crippen molar-refractivity contribution in [2.75, 3.05) is 44.2 Å². The van der Waals surface area contributed by atoms with E-state index in [1.165, 1.54) is 6.07 Å². The van der Waals surface area contributed by atoms with Gasteiger partial charge in [0.25, 0.3) is 11.8 Å². The van der Waals surface area contributed by atoms with E-state index in [4.69, 9.17) is 16.6 Å². The van der Waals surface area contributed by atoms with E-state index in [2.05, 4.69) is 0 Å². The molecule has 6 nitrogen and oxygen atoms in total. The van der Waals surface area contributed by atoms with Gasteiger partial charge in [-0.05, 0) is 62.2 Å². The summed E-state index contributed by atoms with van der Waals surface area (Å²) in [5.74, 6) is -0.204. The number of para-hydroxylation sites is 1. The number of hydrogen-bond acceptors (Lipinski definition) is 4. The van der Waals surface area contributed by atoms with Gasteiger partial charge in [-0.1, -0.05) is 29.8 Å². The number of nitrogens with zero attached hydrogens (tertiary/aromatic N) is 4. The van der Waals surface area contributed by atoms with Gasteiger partial charge in [-0.25, -0.2) is 4.39 Å². The zero-order valence-corrected chi connectivity index (χ0v) is 21.6. The van der Waals surface area contributed by atoms with Gasteiger partial charge in [0.1, 0.15) is 5.82 Å². The van der Waals surface area contributed by atoms with Crippen LogP contribution in [0, 0.1) is 12.7 Å². The number of benzene rings is 2. The van der Waals surface area contributed by atoms with Crippen molar-refractivity contribution in [3.63, 3.8) is 0 Å². The smallest absolute Gasteiger partial charge is 0.255 e. The predicted molar refractivity (Wildman–Crippen MR) is 143 cm³/mol. The van der Waals surface area contributed by atoms with E-state index in [1.54, 1.807) is 36.4 Å². The van der Waals surface area contributed by atoms with E-state index in [9.17, 15) is 14.0 Å². The molecule has 2 fully saturated rings. The Bertz CT molecular complexity index is 1300. The summed E-state index contributed by atoms with van der Waals surface area (Å²) in [7, 11) is 0. The average molecular weight is 521 g/mol. The number of aromatic nitrogens is 1. The molecule has 3 heterocycles. The Hall–Kier alpha value is -3.45. The topological polar surface area (TPSA) is 56.8 Å². The van der Waals surface area contributed by atoms with Crippen molar-refractivity contribution in [2.45, 2.75) is 25.7 Å². The molecule has 8 heteroatoms. The molecule has 37 heavy (non-hydrogen) atoms. The molecule has 0 bridgehead atoms. The maximum absolute atomic E-state index is 14.2.